The Hall–Kier alpha value is 0.291. The van der Waals surface area contributed by atoms with Gasteiger partial charge in [-0.2, -0.15) is 0 Å². The first-order valence-electron chi connectivity index (χ1n) is 9.11. The standard InChI is InChI=1S/C14H39N3O6Si3/c1-19-25(14-18,12-6-9-16)22-24(4,11-5-8-15)23-26(20-2,21-3)13-7-10-17/h18H,5-17H2,1-4H3. The van der Waals surface area contributed by atoms with Crippen LogP contribution in [0.2, 0.25) is 24.7 Å². The van der Waals surface area contributed by atoms with Crippen molar-refractivity contribution in [1.82, 2.24) is 0 Å². The maximum atomic E-state index is 9.99. The molecule has 0 aromatic rings. The predicted octanol–water partition coefficient (Wildman–Crippen LogP) is -0.0102. The highest BCUT2D eigenvalue weighted by Crippen LogP contribution is 2.30. The quantitative estimate of drug-likeness (QED) is 0.234. The normalized spacial score (nSPS) is 17.1. The third kappa shape index (κ3) is 8.54. The van der Waals surface area contributed by atoms with Crippen molar-refractivity contribution in [2.24, 2.45) is 17.2 Å². The number of hydrogen-bond acceptors (Lipinski definition) is 9. The summed E-state index contributed by atoms with van der Waals surface area (Å²) in [5, 5.41) is 9.99. The minimum atomic E-state index is -2.93. The second-order valence-electron chi connectivity index (χ2n) is 6.38. The predicted molar refractivity (Wildman–Crippen MR) is 109 cm³/mol. The highest BCUT2D eigenvalue weighted by atomic mass is 28.5. The van der Waals surface area contributed by atoms with Crippen LogP contribution in [-0.4, -0.2) is 78.2 Å². The molecule has 158 valence electrons. The molecule has 2 atom stereocenters. The molecule has 9 nitrogen and oxygen atoms in total. The molecule has 0 bridgehead atoms. The van der Waals surface area contributed by atoms with Crippen LogP contribution < -0.4 is 17.2 Å². The Kier molecular flexibility index (Phi) is 13.6. The summed E-state index contributed by atoms with van der Waals surface area (Å²) in [7, 11) is -3.83. The van der Waals surface area contributed by atoms with E-state index < -0.39 is 25.9 Å². The Morgan fingerprint density at radius 2 is 1.23 bits per heavy atom. The first-order chi connectivity index (χ1) is 12.3. The number of aliphatic hydroxyl groups is 1. The Morgan fingerprint density at radius 1 is 0.731 bits per heavy atom. The molecule has 7 N–H and O–H groups in total. The summed E-state index contributed by atoms with van der Waals surface area (Å²) in [5.74, 6) is 0. The van der Waals surface area contributed by atoms with E-state index >= 15 is 0 Å². The summed E-state index contributed by atoms with van der Waals surface area (Å²) in [6.07, 6.45) is 2.03. The van der Waals surface area contributed by atoms with Gasteiger partial charge in [0.25, 0.3) is 0 Å². The molecule has 0 heterocycles. The molecule has 0 amide bonds. The smallest absolute Gasteiger partial charge is 0.414 e. The fraction of sp³-hybridized carbons (Fsp3) is 1.00. The molecule has 0 aromatic carbocycles. The van der Waals surface area contributed by atoms with Gasteiger partial charge in [0.15, 0.2) is 0 Å². The van der Waals surface area contributed by atoms with Gasteiger partial charge in [-0.05, 0) is 57.5 Å². The summed E-state index contributed by atoms with van der Waals surface area (Å²) in [6.45, 7) is 3.52. The van der Waals surface area contributed by atoms with Crippen molar-refractivity contribution < 1.29 is 26.6 Å². The maximum Gasteiger partial charge on any atom is 0.491 e. The largest absolute Gasteiger partial charge is 0.491 e. The molecule has 2 unspecified atom stereocenters. The second-order valence-corrected chi connectivity index (χ2v) is 16.5. The molecule has 0 radical (unpaired) electrons. The lowest BCUT2D eigenvalue weighted by Crippen LogP contribution is -2.61. The Morgan fingerprint density at radius 3 is 1.65 bits per heavy atom. The fourth-order valence-corrected chi connectivity index (χ4v) is 15.3. The van der Waals surface area contributed by atoms with Crippen molar-refractivity contribution in [3.05, 3.63) is 0 Å². The van der Waals surface area contributed by atoms with Crippen LogP contribution in [0.15, 0.2) is 0 Å². The molecule has 0 saturated heterocycles. The zero-order chi connectivity index (χ0) is 20.1. The van der Waals surface area contributed by atoms with Crippen LogP contribution in [0.1, 0.15) is 19.3 Å². The van der Waals surface area contributed by atoms with Gasteiger partial charge in [-0.25, -0.2) is 0 Å². The van der Waals surface area contributed by atoms with E-state index in [0.717, 1.165) is 12.8 Å². The molecular weight excluding hydrogens is 390 g/mol. The fourth-order valence-electron chi connectivity index (χ4n) is 2.75. The van der Waals surface area contributed by atoms with Crippen molar-refractivity contribution in [3.8, 4) is 0 Å². The number of aliphatic hydroxyl groups excluding tert-OH is 1. The zero-order valence-corrected chi connectivity index (χ0v) is 19.8. The van der Waals surface area contributed by atoms with E-state index in [-0.39, 0.29) is 6.23 Å². The second kappa shape index (κ2) is 13.5. The van der Waals surface area contributed by atoms with E-state index in [1.165, 1.54) is 0 Å². The van der Waals surface area contributed by atoms with Crippen molar-refractivity contribution in [2.75, 3.05) is 47.2 Å². The third-order valence-electron chi connectivity index (χ3n) is 4.29. The van der Waals surface area contributed by atoms with E-state index in [1.54, 1.807) is 21.3 Å². The molecule has 0 fully saturated rings. The van der Waals surface area contributed by atoms with Crippen LogP contribution in [0.4, 0.5) is 0 Å². The molecule has 0 aromatic heterocycles. The average molecular weight is 430 g/mol. The van der Waals surface area contributed by atoms with Crippen molar-refractivity contribution >= 4 is 25.9 Å². The van der Waals surface area contributed by atoms with Crippen molar-refractivity contribution in [1.29, 1.82) is 0 Å². The van der Waals surface area contributed by atoms with Gasteiger partial charge in [0.2, 0.25) is 0 Å². The highest BCUT2D eigenvalue weighted by molar-refractivity contribution is 6.85. The SMILES string of the molecule is CO[Si](CO)(CCCN)O[Si](C)(CCCN)O[Si](CCCN)(OC)OC. The van der Waals surface area contributed by atoms with Crippen molar-refractivity contribution in [3.63, 3.8) is 0 Å². The van der Waals surface area contributed by atoms with Crippen LogP contribution in [0, 0.1) is 0 Å². The number of hydrogen-bond donors (Lipinski definition) is 4. The lowest BCUT2D eigenvalue weighted by Gasteiger charge is -2.41. The summed E-state index contributed by atoms with van der Waals surface area (Å²) >= 11 is 0. The van der Waals surface area contributed by atoms with E-state index in [4.69, 9.17) is 38.7 Å². The Balaban J connectivity index is 5.55. The molecule has 0 aliphatic carbocycles. The first-order valence-corrected chi connectivity index (χ1v) is 15.8. The lowest BCUT2D eigenvalue weighted by atomic mass is 10.5. The first kappa shape index (κ1) is 26.3. The minimum Gasteiger partial charge on any atom is -0.414 e. The Bertz CT molecular complexity index is 337. The van der Waals surface area contributed by atoms with Gasteiger partial charge in [0.05, 0.1) is 6.23 Å². The minimum absolute atomic E-state index is 0.157. The van der Waals surface area contributed by atoms with Crippen LogP contribution in [0.5, 0.6) is 0 Å². The van der Waals surface area contributed by atoms with Gasteiger partial charge in [-0.1, -0.05) is 0 Å². The van der Waals surface area contributed by atoms with Crippen LogP contribution in [-0.2, 0) is 21.5 Å². The van der Waals surface area contributed by atoms with E-state index in [0.29, 0.717) is 44.2 Å². The van der Waals surface area contributed by atoms with Gasteiger partial charge in [-0.3, -0.25) is 0 Å². The molecular formula is C14H39N3O6Si3. The van der Waals surface area contributed by atoms with Gasteiger partial charge < -0.3 is 43.8 Å². The maximum absolute atomic E-state index is 9.99. The molecule has 0 spiro atoms. The summed E-state index contributed by atoms with van der Waals surface area (Å²) < 4.78 is 30.0. The summed E-state index contributed by atoms with van der Waals surface area (Å²) in [4.78, 5) is 0. The monoisotopic (exact) mass is 429 g/mol. The molecule has 0 aliphatic heterocycles. The van der Waals surface area contributed by atoms with E-state index in [9.17, 15) is 5.11 Å². The number of nitrogens with two attached hydrogens (primary N) is 3. The topological polar surface area (TPSA) is 144 Å². The highest BCUT2D eigenvalue weighted by Gasteiger charge is 2.52. The zero-order valence-electron chi connectivity index (χ0n) is 16.8. The van der Waals surface area contributed by atoms with Crippen molar-refractivity contribution in [2.45, 2.75) is 43.9 Å². The lowest BCUT2D eigenvalue weighted by molar-refractivity contribution is 0.134. The molecule has 0 rings (SSSR count). The van der Waals surface area contributed by atoms with E-state index in [1.807, 2.05) is 6.55 Å². The molecule has 0 aliphatic rings. The molecule has 12 heteroatoms. The van der Waals surface area contributed by atoms with Gasteiger partial charge in [-0.15, -0.1) is 0 Å². The molecule has 0 saturated carbocycles. The third-order valence-corrected chi connectivity index (χ3v) is 16.3. The van der Waals surface area contributed by atoms with Crippen LogP contribution in [0.3, 0.4) is 0 Å². The number of rotatable bonds is 17. The van der Waals surface area contributed by atoms with Gasteiger partial charge in [0, 0.05) is 27.4 Å². The average Bonchev–Trinajstić information content (AvgIpc) is 2.67. The molecule has 26 heavy (non-hydrogen) atoms. The Labute approximate surface area is 161 Å². The van der Waals surface area contributed by atoms with Crippen LogP contribution >= 0.6 is 0 Å². The summed E-state index contributed by atoms with van der Waals surface area (Å²) in [5.41, 5.74) is 17.0. The van der Waals surface area contributed by atoms with Gasteiger partial charge in [0.1, 0.15) is 0 Å². The summed E-state index contributed by atoms with van der Waals surface area (Å²) in [6, 6.07) is 1.87. The van der Waals surface area contributed by atoms with Crippen LogP contribution in [0.25, 0.3) is 0 Å². The van der Waals surface area contributed by atoms with E-state index in [2.05, 4.69) is 0 Å². The van der Waals surface area contributed by atoms with Gasteiger partial charge >= 0.3 is 25.9 Å².